The van der Waals surface area contributed by atoms with Gasteiger partial charge in [-0.2, -0.15) is 0 Å². The molecule has 0 amide bonds. The summed E-state index contributed by atoms with van der Waals surface area (Å²) >= 11 is 0. The molecule has 0 spiro atoms. The maximum atomic E-state index is 13.7. The van der Waals surface area contributed by atoms with Crippen molar-refractivity contribution >= 4 is 10.9 Å². The van der Waals surface area contributed by atoms with Gasteiger partial charge in [0.05, 0.1) is 17.8 Å². The molecule has 2 aromatic heterocycles. The molecule has 0 saturated carbocycles. The topological polar surface area (TPSA) is 63.8 Å². The van der Waals surface area contributed by atoms with Crippen molar-refractivity contribution in [2.24, 2.45) is 0 Å². The van der Waals surface area contributed by atoms with Gasteiger partial charge in [0.1, 0.15) is 5.82 Å². The van der Waals surface area contributed by atoms with Crippen LogP contribution >= 0.6 is 0 Å². The zero-order valence-electron chi connectivity index (χ0n) is 10.7. The zero-order chi connectivity index (χ0) is 13.9. The molecule has 0 fully saturated rings. The minimum atomic E-state index is -0.281. The molecule has 0 unspecified atom stereocenters. The second-order valence-electron chi connectivity index (χ2n) is 4.49. The van der Waals surface area contributed by atoms with Crippen LogP contribution in [0.5, 0.6) is 0 Å². The molecule has 0 bridgehead atoms. The summed E-state index contributed by atoms with van der Waals surface area (Å²) in [5, 5.41) is 17.3. The molecule has 3 rings (SSSR count). The van der Waals surface area contributed by atoms with E-state index in [0.717, 1.165) is 11.3 Å². The van der Waals surface area contributed by atoms with E-state index in [4.69, 9.17) is 5.11 Å². The van der Waals surface area contributed by atoms with Gasteiger partial charge < -0.3 is 5.11 Å². The van der Waals surface area contributed by atoms with E-state index in [1.54, 1.807) is 35.3 Å². The van der Waals surface area contributed by atoms with E-state index in [-0.39, 0.29) is 12.4 Å². The van der Waals surface area contributed by atoms with E-state index in [9.17, 15) is 4.39 Å². The highest BCUT2D eigenvalue weighted by Crippen LogP contribution is 2.20. The lowest BCUT2D eigenvalue weighted by molar-refractivity contribution is 0.298. The van der Waals surface area contributed by atoms with Crippen LogP contribution in [0.15, 0.2) is 36.7 Å². The largest absolute Gasteiger partial charge is 0.396 e. The monoisotopic (exact) mass is 272 g/mol. The van der Waals surface area contributed by atoms with E-state index in [1.807, 2.05) is 0 Å². The number of nitrogens with zero attached hydrogens (tertiary/aromatic N) is 4. The molecule has 2 heterocycles. The third-order valence-corrected chi connectivity index (χ3v) is 3.09. The molecule has 3 aromatic rings. The van der Waals surface area contributed by atoms with Gasteiger partial charge in [-0.05, 0) is 18.2 Å². The van der Waals surface area contributed by atoms with Crippen molar-refractivity contribution in [3.8, 4) is 0 Å². The van der Waals surface area contributed by atoms with Crippen LogP contribution < -0.4 is 0 Å². The first kappa shape index (κ1) is 12.7. The molecule has 5 nitrogen and oxygen atoms in total. The lowest BCUT2D eigenvalue weighted by atomic mass is 10.1. The van der Waals surface area contributed by atoms with Crippen LogP contribution in [-0.2, 0) is 13.0 Å². The molecule has 1 N–H and O–H groups in total. The third-order valence-electron chi connectivity index (χ3n) is 3.09. The maximum Gasteiger partial charge on any atom is 0.132 e. The Hall–Kier alpha value is -2.34. The van der Waals surface area contributed by atoms with Crippen LogP contribution in [0.4, 0.5) is 4.39 Å². The summed E-state index contributed by atoms with van der Waals surface area (Å²) in [4.78, 5) is 4.24. The van der Waals surface area contributed by atoms with Gasteiger partial charge in [-0.15, -0.1) is 5.10 Å². The Balaban J connectivity index is 1.96. The Labute approximate surface area is 114 Å². The summed E-state index contributed by atoms with van der Waals surface area (Å²) in [6.45, 7) is 0.506. The van der Waals surface area contributed by atoms with E-state index < -0.39 is 0 Å². The van der Waals surface area contributed by atoms with Crippen LogP contribution in [0.25, 0.3) is 10.9 Å². The fourth-order valence-electron chi connectivity index (χ4n) is 2.14. The minimum Gasteiger partial charge on any atom is -0.396 e. The van der Waals surface area contributed by atoms with Crippen molar-refractivity contribution < 1.29 is 9.50 Å². The Morgan fingerprint density at radius 1 is 1.25 bits per heavy atom. The summed E-state index contributed by atoms with van der Waals surface area (Å²) < 4.78 is 15.4. The average molecular weight is 272 g/mol. The fourth-order valence-corrected chi connectivity index (χ4v) is 2.14. The van der Waals surface area contributed by atoms with E-state index >= 15 is 0 Å². The number of aliphatic hydroxyl groups excluding tert-OH is 1. The molecule has 6 heteroatoms. The first-order valence-corrected chi connectivity index (χ1v) is 6.30. The van der Waals surface area contributed by atoms with Crippen LogP contribution in [0, 0.1) is 5.82 Å². The lowest BCUT2D eigenvalue weighted by Crippen LogP contribution is -2.02. The maximum absolute atomic E-state index is 13.7. The van der Waals surface area contributed by atoms with Crippen molar-refractivity contribution in [2.45, 2.75) is 13.0 Å². The number of hydrogen-bond acceptors (Lipinski definition) is 4. The highest BCUT2D eigenvalue weighted by Gasteiger charge is 2.08. The molecular weight excluding hydrogens is 259 g/mol. The summed E-state index contributed by atoms with van der Waals surface area (Å²) in [7, 11) is 0. The van der Waals surface area contributed by atoms with Gasteiger partial charge in [-0.1, -0.05) is 11.3 Å². The highest BCUT2D eigenvalue weighted by molar-refractivity contribution is 5.82. The Morgan fingerprint density at radius 2 is 2.15 bits per heavy atom. The van der Waals surface area contributed by atoms with E-state index in [1.165, 1.54) is 6.07 Å². The summed E-state index contributed by atoms with van der Waals surface area (Å²) in [6.07, 6.45) is 3.89. The van der Waals surface area contributed by atoms with Crippen molar-refractivity contribution in [2.75, 3.05) is 6.61 Å². The normalized spacial score (nSPS) is 11.1. The SMILES string of the molecule is OCCc1cn(Cc2ccc(F)c3cccnc23)nn1. The zero-order valence-corrected chi connectivity index (χ0v) is 10.7. The number of aromatic nitrogens is 4. The Morgan fingerprint density at radius 3 is 3.00 bits per heavy atom. The van der Waals surface area contributed by atoms with Crippen molar-refractivity contribution in [1.82, 2.24) is 20.0 Å². The fraction of sp³-hybridized carbons (Fsp3) is 0.214. The summed E-state index contributed by atoms with van der Waals surface area (Å²) in [5.41, 5.74) is 2.24. The third kappa shape index (κ3) is 2.37. The van der Waals surface area contributed by atoms with Crippen molar-refractivity contribution in [3.63, 3.8) is 0 Å². The molecule has 0 atom stereocenters. The number of aliphatic hydroxyl groups is 1. The molecule has 1 aromatic carbocycles. The van der Waals surface area contributed by atoms with Gasteiger partial charge in [0.25, 0.3) is 0 Å². The predicted molar refractivity (Wildman–Crippen MR) is 71.6 cm³/mol. The molecule has 102 valence electrons. The molecule has 0 aliphatic heterocycles. The minimum absolute atomic E-state index is 0.0414. The molecule has 0 aliphatic rings. The van der Waals surface area contributed by atoms with E-state index in [0.29, 0.717) is 23.9 Å². The molecular formula is C14H13FN4O. The number of pyridine rings is 1. The average Bonchev–Trinajstić information content (AvgIpc) is 2.90. The summed E-state index contributed by atoms with van der Waals surface area (Å²) in [5.74, 6) is -0.281. The first-order chi connectivity index (χ1) is 9.78. The molecule has 0 aliphatic carbocycles. The molecule has 0 radical (unpaired) electrons. The van der Waals surface area contributed by atoms with Gasteiger partial charge in [-0.3, -0.25) is 4.98 Å². The van der Waals surface area contributed by atoms with E-state index in [2.05, 4.69) is 15.3 Å². The quantitative estimate of drug-likeness (QED) is 0.782. The first-order valence-electron chi connectivity index (χ1n) is 6.30. The van der Waals surface area contributed by atoms with Crippen LogP contribution in [0.1, 0.15) is 11.3 Å². The Kier molecular flexibility index (Phi) is 3.39. The predicted octanol–water partition coefficient (Wildman–Crippen LogP) is 1.55. The lowest BCUT2D eigenvalue weighted by Gasteiger charge is -2.06. The van der Waals surface area contributed by atoms with Gasteiger partial charge >= 0.3 is 0 Å². The van der Waals surface area contributed by atoms with Gasteiger partial charge in [0.15, 0.2) is 0 Å². The Bertz CT molecular complexity index is 741. The van der Waals surface area contributed by atoms with Crippen LogP contribution in [0.2, 0.25) is 0 Å². The van der Waals surface area contributed by atoms with Gasteiger partial charge in [0.2, 0.25) is 0 Å². The van der Waals surface area contributed by atoms with Gasteiger partial charge in [-0.25, -0.2) is 9.07 Å². The number of fused-ring (bicyclic) bond motifs is 1. The second-order valence-corrected chi connectivity index (χ2v) is 4.49. The standard InChI is InChI=1S/C14H13FN4O/c15-13-4-3-10(14-12(13)2-1-6-16-14)8-19-9-11(5-7-20)17-18-19/h1-4,6,9,20H,5,7-8H2. The van der Waals surface area contributed by atoms with Crippen molar-refractivity contribution in [3.05, 3.63) is 53.7 Å². The second kappa shape index (κ2) is 5.34. The number of rotatable bonds is 4. The molecule has 20 heavy (non-hydrogen) atoms. The number of hydrogen-bond donors (Lipinski definition) is 1. The summed E-state index contributed by atoms with van der Waals surface area (Å²) in [6, 6.07) is 6.56. The van der Waals surface area contributed by atoms with Crippen LogP contribution in [0.3, 0.4) is 0 Å². The van der Waals surface area contributed by atoms with Gasteiger partial charge in [0, 0.05) is 36.4 Å². The van der Waals surface area contributed by atoms with Crippen molar-refractivity contribution in [1.29, 1.82) is 0 Å². The number of halogens is 1. The molecule has 0 saturated heterocycles. The highest BCUT2D eigenvalue weighted by atomic mass is 19.1. The number of benzene rings is 1. The van der Waals surface area contributed by atoms with Crippen LogP contribution in [-0.4, -0.2) is 31.7 Å². The smallest absolute Gasteiger partial charge is 0.132 e.